The standard InChI is InChI=1S/C23H42N.C21H38N.C4H5NO4S/c1-4-5-6-7-8-9-10-11-12-13-14-18-21-24(2,3)22-23-19-16-15-17-20-23;1-4-5-6-7-8-9-10-11-12-16-19-22(2,3)20-21-17-14-13-15-18-21;1-3-2-4(6)5-10(7,8)9-3/h15-17,19-20H,4-14,18,21-22H2,1-3H3;13-15,17-18H,4-12,16,19-20H2,1-3H3;2H,1H3,(H,5,6)/q2*+1;/p-1. The highest BCUT2D eigenvalue weighted by Gasteiger charge is 2.16. The normalized spacial score (nSPS) is 13.7. The molecule has 0 N–H and O–H groups in total. The lowest BCUT2D eigenvalue weighted by Crippen LogP contribution is -2.39. The van der Waals surface area contributed by atoms with Gasteiger partial charge < -0.3 is 18.3 Å². The predicted molar refractivity (Wildman–Crippen MR) is 238 cm³/mol. The molecule has 8 heteroatoms. The van der Waals surface area contributed by atoms with E-state index in [-0.39, 0.29) is 5.76 Å². The van der Waals surface area contributed by atoms with Crippen molar-refractivity contribution in [3.05, 3.63) is 83.6 Å². The molecule has 0 atom stereocenters. The van der Waals surface area contributed by atoms with Crippen molar-refractivity contribution in [3.8, 4) is 0 Å². The Morgan fingerprint density at radius 1 is 0.518 bits per heavy atom. The van der Waals surface area contributed by atoms with Gasteiger partial charge in [0.15, 0.2) is 0 Å². The molecule has 1 aliphatic heterocycles. The summed E-state index contributed by atoms with van der Waals surface area (Å²) in [4.78, 5) is 0. The van der Waals surface area contributed by atoms with Crippen molar-refractivity contribution in [1.29, 1.82) is 0 Å². The molecule has 0 aliphatic carbocycles. The van der Waals surface area contributed by atoms with Crippen LogP contribution in [0.1, 0.15) is 173 Å². The minimum Gasteiger partial charge on any atom is -0.858 e. The molecule has 320 valence electrons. The van der Waals surface area contributed by atoms with Crippen molar-refractivity contribution in [2.24, 2.45) is 4.40 Å². The van der Waals surface area contributed by atoms with E-state index in [4.69, 9.17) is 0 Å². The van der Waals surface area contributed by atoms with Crippen LogP contribution in [0.25, 0.3) is 0 Å². The van der Waals surface area contributed by atoms with Crippen LogP contribution in [0.2, 0.25) is 0 Å². The molecule has 0 saturated heterocycles. The summed E-state index contributed by atoms with van der Waals surface area (Å²) in [5.41, 5.74) is 2.92. The van der Waals surface area contributed by atoms with E-state index >= 15 is 0 Å². The molecule has 0 spiro atoms. The maximum absolute atomic E-state index is 10.4. The van der Waals surface area contributed by atoms with Gasteiger partial charge in [-0.1, -0.05) is 190 Å². The van der Waals surface area contributed by atoms with Gasteiger partial charge in [-0.25, -0.2) is 0 Å². The minimum absolute atomic E-state index is 0.0417. The largest absolute Gasteiger partial charge is 0.858 e. The Balaban J connectivity index is 0.000000452. The number of unbranched alkanes of at least 4 members (excludes halogenated alkanes) is 20. The molecule has 0 fully saturated rings. The van der Waals surface area contributed by atoms with Crippen LogP contribution in [0.5, 0.6) is 0 Å². The maximum Gasteiger partial charge on any atom is 0.427 e. The minimum atomic E-state index is -3.97. The highest BCUT2D eigenvalue weighted by Crippen LogP contribution is 2.16. The van der Waals surface area contributed by atoms with Crippen molar-refractivity contribution < 1.29 is 26.7 Å². The zero-order valence-corrected chi connectivity index (χ0v) is 37.9. The molecule has 7 nitrogen and oxygen atoms in total. The Bertz CT molecular complexity index is 1390. The second-order valence-corrected chi connectivity index (χ2v) is 18.6. The van der Waals surface area contributed by atoms with Gasteiger partial charge in [0.1, 0.15) is 18.8 Å². The molecule has 0 saturated carbocycles. The Morgan fingerprint density at radius 2 is 0.821 bits per heavy atom. The van der Waals surface area contributed by atoms with Crippen molar-refractivity contribution in [3.63, 3.8) is 0 Å². The Labute approximate surface area is 346 Å². The van der Waals surface area contributed by atoms with Crippen LogP contribution in [-0.2, 0) is 27.6 Å². The lowest BCUT2D eigenvalue weighted by atomic mass is 10.1. The molecule has 0 bridgehead atoms. The third-order valence-corrected chi connectivity index (χ3v) is 11.3. The number of hydrogen-bond acceptors (Lipinski definition) is 4. The fraction of sp³-hybridized carbons (Fsp3) is 0.688. The summed E-state index contributed by atoms with van der Waals surface area (Å²) in [6, 6.07) is 21.8. The third kappa shape index (κ3) is 30.5. The molecule has 1 heterocycles. The molecule has 0 unspecified atom stereocenters. The first-order valence-corrected chi connectivity index (χ1v) is 23.8. The van der Waals surface area contributed by atoms with Gasteiger partial charge in [0, 0.05) is 17.0 Å². The van der Waals surface area contributed by atoms with Crippen LogP contribution >= 0.6 is 0 Å². The molecule has 56 heavy (non-hydrogen) atoms. The summed E-state index contributed by atoms with van der Waals surface area (Å²) < 4.78 is 30.0. The summed E-state index contributed by atoms with van der Waals surface area (Å²) in [6.07, 6.45) is 32.4. The number of rotatable bonds is 28. The molecule has 0 aromatic heterocycles. The van der Waals surface area contributed by atoms with E-state index < -0.39 is 16.2 Å². The Hall–Kier alpha value is -2.68. The van der Waals surface area contributed by atoms with Crippen LogP contribution in [0, 0.1) is 0 Å². The van der Waals surface area contributed by atoms with E-state index in [9.17, 15) is 13.5 Å². The van der Waals surface area contributed by atoms with E-state index in [0.29, 0.717) is 0 Å². The summed E-state index contributed by atoms with van der Waals surface area (Å²) in [5, 5.41) is 10.4. The van der Waals surface area contributed by atoms with Crippen LogP contribution < -0.4 is 5.11 Å². The first-order chi connectivity index (χ1) is 26.8. The highest BCUT2D eigenvalue weighted by atomic mass is 32.2. The van der Waals surface area contributed by atoms with Gasteiger partial charge in [-0.05, 0) is 38.7 Å². The molecular formula is C48H84N3O4S+. The SMILES string of the molecule is CC1=CC([O-])=NS(=O)(=O)O1.CCCCCCCCCCCCCC[N+](C)(C)Cc1ccccc1.CCCCCCCCCCCC[N+](C)(C)Cc1ccccc1. The van der Waals surface area contributed by atoms with Gasteiger partial charge in [0.25, 0.3) is 0 Å². The topological polar surface area (TPSA) is 78.8 Å². The quantitative estimate of drug-likeness (QED) is 0.0634. The number of allylic oxidation sites excluding steroid dienone is 1. The van der Waals surface area contributed by atoms with Crippen LogP contribution in [0.3, 0.4) is 0 Å². The van der Waals surface area contributed by atoms with Crippen LogP contribution in [0.15, 0.2) is 76.9 Å². The van der Waals surface area contributed by atoms with Crippen molar-refractivity contribution >= 4 is 16.2 Å². The molecule has 1 aliphatic rings. The first-order valence-electron chi connectivity index (χ1n) is 22.4. The van der Waals surface area contributed by atoms with Gasteiger partial charge in [-0.3, -0.25) is 0 Å². The number of hydrogen-bond donors (Lipinski definition) is 0. The average Bonchev–Trinajstić information content (AvgIpc) is 3.13. The van der Waals surface area contributed by atoms with Gasteiger partial charge >= 0.3 is 10.3 Å². The van der Waals surface area contributed by atoms with E-state index in [1.165, 1.54) is 172 Å². The van der Waals surface area contributed by atoms with Gasteiger partial charge in [-0.15, -0.1) is 4.40 Å². The van der Waals surface area contributed by atoms with Crippen molar-refractivity contribution in [2.45, 2.75) is 175 Å². The Morgan fingerprint density at radius 3 is 1.11 bits per heavy atom. The van der Waals surface area contributed by atoms with E-state index in [1.807, 2.05) is 0 Å². The Kier molecular flexibility index (Phi) is 28.7. The summed E-state index contributed by atoms with van der Waals surface area (Å²) in [7, 11) is 5.48. The monoisotopic (exact) mass is 799 g/mol. The lowest BCUT2D eigenvalue weighted by molar-refractivity contribution is -0.903. The third-order valence-electron chi connectivity index (χ3n) is 10.4. The molecule has 0 amide bonds. The molecule has 2 aromatic carbocycles. The summed E-state index contributed by atoms with van der Waals surface area (Å²) in [5.74, 6) is -0.760. The average molecular weight is 799 g/mol. The molecular weight excluding hydrogens is 715 g/mol. The van der Waals surface area contributed by atoms with E-state index in [0.717, 1.165) is 28.1 Å². The zero-order valence-electron chi connectivity index (χ0n) is 37.1. The number of nitrogens with zero attached hydrogens (tertiary/aromatic N) is 3. The van der Waals surface area contributed by atoms with Gasteiger partial charge in [0.2, 0.25) is 0 Å². The fourth-order valence-corrected chi connectivity index (χ4v) is 7.93. The fourth-order valence-electron chi connectivity index (χ4n) is 7.24. The molecule has 2 aromatic rings. The van der Waals surface area contributed by atoms with Crippen molar-refractivity contribution in [1.82, 2.24) is 0 Å². The van der Waals surface area contributed by atoms with E-state index in [1.54, 1.807) is 0 Å². The van der Waals surface area contributed by atoms with Crippen molar-refractivity contribution in [2.75, 3.05) is 41.3 Å². The summed E-state index contributed by atoms with van der Waals surface area (Å²) >= 11 is 0. The van der Waals surface area contributed by atoms with Crippen LogP contribution in [-0.4, -0.2) is 64.6 Å². The smallest absolute Gasteiger partial charge is 0.427 e. The van der Waals surface area contributed by atoms with Crippen LogP contribution in [0.4, 0.5) is 0 Å². The second-order valence-electron chi connectivity index (χ2n) is 17.4. The molecule has 3 rings (SSSR count). The van der Waals surface area contributed by atoms with Gasteiger partial charge in [-0.2, -0.15) is 8.42 Å². The lowest BCUT2D eigenvalue weighted by Gasteiger charge is -2.30. The predicted octanol–water partition coefficient (Wildman–Crippen LogP) is 12.1. The van der Waals surface area contributed by atoms with E-state index in [2.05, 4.69) is 111 Å². The molecule has 0 radical (unpaired) electrons. The number of quaternary nitrogens is 2. The second kappa shape index (κ2) is 31.3. The van der Waals surface area contributed by atoms with Gasteiger partial charge in [0.05, 0.1) is 41.3 Å². The first kappa shape index (κ1) is 51.3. The zero-order chi connectivity index (χ0) is 41.4. The highest BCUT2D eigenvalue weighted by molar-refractivity contribution is 7.85. The maximum atomic E-state index is 10.4. The summed E-state index contributed by atoms with van der Waals surface area (Å²) in [6.45, 7) is 10.8. The number of benzene rings is 2.